The molecule has 0 aliphatic carbocycles. The van der Waals surface area contributed by atoms with Gasteiger partial charge in [0, 0.05) is 6.42 Å². The molecule has 16 heavy (non-hydrogen) atoms. The Balaban J connectivity index is 4.03. The SMILES string of the molecule is CCCCCC/C(O)=C/[N+](C)(C)CC(=O)O. The van der Waals surface area contributed by atoms with Gasteiger partial charge in [-0.3, -0.25) is 4.48 Å². The molecule has 0 radical (unpaired) electrons. The summed E-state index contributed by atoms with van der Waals surface area (Å²) in [4.78, 5) is 10.6. The first kappa shape index (κ1) is 15.0. The fourth-order valence-electron chi connectivity index (χ4n) is 1.60. The van der Waals surface area contributed by atoms with Crippen LogP contribution in [0.1, 0.15) is 39.0 Å². The number of rotatable bonds is 8. The van der Waals surface area contributed by atoms with Crippen molar-refractivity contribution in [3.8, 4) is 0 Å². The largest absolute Gasteiger partial charge is 0.507 e. The maximum Gasteiger partial charge on any atom is 0.359 e. The van der Waals surface area contributed by atoms with Gasteiger partial charge in [0.15, 0.2) is 6.54 Å². The smallest absolute Gasteiger partial charge is 0.359 e. The van der Waals surface area contributed by atoms with Gasteiger partial charge in [-0.1, -0.05) is 26.2 Å². The van der Waals surface area contributed by atoms with Crippen LogP contribution in [0.25, 0.3) is 0 Å². The summed E-state index contributed by atoms with van der Waals surface area (Å²) < 4.78 is 0.176. The van der Waals surface area contributed by atoms with Crippen molar-refractivity contribution < 1.29 is 19.5 Å². The fraction of sp³-hybridized carbons (Fsp3) is 0.750. The van der Waals surface area contributed by atoms with Gasteiger partial charge < -0.3 is 10.2 Å². The van der Waals surface area contributed by atoms with Crippen molar-refractivity contribution in [1.82, 2.24) is 0 Å². The van der Waals surface area contributed by atoms with Crippen molar-refractivity contribution in [3.05, 3.63) is 12.0 Å². The number of aliphatic hydroxyl groups is 1. The third-order valence-corrected chi connectivity index (χ3v) is 2.33. The summed E-state index contributed by atoms with van der Waals surface area (Å²) in [6.07, 6.45) is 6.68. The molecule has 94 valence electrons. The molecule has 0 aliphatic rings. The van der Waals surface area contributed by atoms with Crippen molar-refractivity contribution in [2.75, 3.05) is 20.6 Å². The second-order valence-corrected chi connectivity index (χ2v) is 4.76. The van der Waals surface area contributed by atoms with Gasteiger partial charge in [-0.15, -0.1) is 0 Å². The molecule has 0 spiro atoms. The van der Waals surface area contributed by atoms with Crippen LogP contribution in [0.5, 0.6) is 0 Å². The highest BCUT2D eigenvalue weighted by molar-refractivity contribution is 5.68. The van der Waals surface area contributed by atoms with Crippen molar-refractivity contribution in [3.63, 3.8) is 0 Å². The van der Waals surface area contributed by atoms with Gasteiger partial charge in [-0.2, -0.15) is 0 Å². The van der Waals surface area contributed by atoms with E-state index in [1.165, 1.54) is 12.8 Å². The minimum Gasteiger partial charge on any atom is -0.507 e. The number of aliphatic hydroxyl groups excluding tert-OH is 1. The average molecular weight is 230 g/mol. The lowest BCUT2D eigenvalue weighted by molar-refractivity contribution is -0.832. The van der Waals surface area contributed by atoms with Crippen LogP contribution in [0, 0.1) is 0 Å². The number of carbonyl (C=O) groups is 1. The Morgan fingerprint density at radius 2 is 1.81 bits per heavy atom. The number of carboxylic acids is 1. The number of nitrogens with zero attached hydrogens (tertiary/aromatic N) is 1. The van der Waals surface area contributed by atoms with E-state index in [2.05, 4.69) is 6.92 Å². The lowest BCUT2D eigenvalue weighted by Crippen LogP contribution is -2.38. The molecule has 0 aromatic rings. The summed E-state index contributed by atoms with van der Waals surface area (Å²) in [5.74, 6) is -0.567. The van der Waals surface area contributed by atoms with Gasteiger partial charge in [0.2, 0.25) is 0 Å². The van der Waals surface area contributed by atoms with Crippen molar-refractivity contribution in [1.29, 1.82) is 0 Å². The number of carboxylic acid groups (broad SMARTS) is 1. The Morgan fingerprint density at radius 1 is 1.19 bits per heavy atom. The van der Waals surface area contributed by atoms with E-state index in [9.17, 15) is 9.90 Å². The minimum atomic E-state index is -0.861. The molecule has 0 unspecified atom stereocenters. The molecule has 0 amide bonds. The lowest BCUT2D eigenvalue weighted by atomic mass is 10.1. The van der Waals surface area contributed by atoms with Gasteiger partial charge in [-0.05, 0) is 6.42 Å². The molecule has 0 aliphatic heterocycles. The van der Waals surface area contributed by atoms with E-state index in [1.54, 1.807) is 20.3 Å². The number of allylic oxidation sites excluding steroid dienone is 1. The molecule has 0 bridgehead atoms. The highest BCUT2D eigenvalue weighted by atomic mass is 16.4. The van der Waals surface area contributed by atoms with E-state index in [0.29, 0.717) is 12.2 Å². The maximum atomic E-state index is 10.6. The molecule has 0 saturated heterocycles. The first-order valence-corrected chi connectivity index (χ1v) is 5.82. The second-order valence-electron chi connectivity index (χ2n) is 4.76. The number of aliphatic carboxylic acids is 1. The molecule has 0 aromatic heterocycles. The molecule has 0 aromatic carbocycles. The number of likely N-dealkylation sites (N-methyl/N-ethyl adjacent to an activating group) is 1. The van der Waals surface area contributed by atoms with Crippen molar-refractivity contribution in [2.45, 2.75) is 39.0 Å². The molecule has 0 fully saturated rings. The molecular formula is C12H24NO3+. The zero-order chi connectivity index (χ0) is 12.6. The summed E-state index contributed by atoms with van der Waals surface area (Å²) in [6, 6.07) is 0. The van der Waals surface area contributed by atoms with Gasteiger partial charge >= 0.3 is 5.97 Å². The van der Waals surface area contributed by atoms with Crippen molar-refractivity contribution >= 4 is 5.97 Å². The van der Waals surface area contributed by atoms with E-state index < -0.39 is 5.97 Å². The summed E-state index contributed by atoms with van der Waals surface area (Å²) in [7, 11) is 3.52. The molecule has 0 saturated carbocycles. The zero-order valence-electron chi connectivity index (χ0n) is 10.6. The third kappa shape index (κ3) is 8.29. The van der Waals surface area contributed by atoms with Crippen LogP contribution in [-0.4, -0.2) is 41.3 Å². The predicted octanol–water partition coefficient (Wildman–Crippen LogP) is 2.52. The first-order chi connectivity index (χ1) is 7.37. The number of hydrogen-bond acceptors (Lipinski definition) is 2. The number of unbranched alkanes of at least 4 members (excludes halogenated alkanes) is 3. The molecule has 2 N–H and O–H groups in total. The Morgan fingerprint density at radius 3 is 2.31 bits per heavy atom. The highest BCUT2D eigenvalue weighted by Gasteiger charge is 2.18. The van der Waals surface area contributed by atoms with E-state index in [1.807, 2.05) is 0 Å². The zero-order valence-corrected chi connectivity index (χ0v) is 10.6. The molecule has 4 nitrogen and oxygen atoms in total. The van der Waals surface area contributed by atoms with Crippen molar-refractivity contribution in [2.24, 2.45) is 0 Å². The van der Waals surface area contributed by atoms with Gasteiger partial charge in [0.05, 0.1) is 14.1 Å². The molecule has 4 heteroatoms. The lowest BCUT2D eigenvalue weighted by Gasteiger charge is -2.22. The Hall–Kier alpha value is -1.03. The van der Waals surface area contributed by atoms with Crippen LogP contribution in [0.3, 0.4) is 0 Å². The van der Waals surface area contributed by atoms with E-state index in [4.69, 9.17) is 5.11 Å². The van der Waals surface area contributed by atoms with E-state index in [-0.39, 0.29) is 11.0 Å². The Kier molecular flexibility index (Phi) is 6.81. The summed E-state index contributed by atoms with van der Waals surface area (Å²) in [6.45, 7) is 2.13. The minimum absolute atomic E-state index is 0.0149. The molecule has 0 heterocycles. The van der Waals surface area contributed by atoms with Crippen LogP contribution in [-0.2, 0) is 4.79 Å². The molecular weight excluding hydrogens is 206 g/mol. The fourth-order valence-corrected chi connectivity index (χ4v) is 1.60. The maximum absolute atomic E-state index is 10.6. The van der Waals surface area contributed by atoms with E-state index in [0.717, 1.165) is 12.8 Å². The summed E-state index contributed by atoms with van der Waals surface area (Å²) >= 11 is 0. The van der Waals surface area contributed by atoms with Crippen LogP contribution in [0.4, 0.5) is 0 Å². The monoisotopic (exact) mass is 230 g/mol. The van der Waals surface area contributed by atoms with Gasteiger partial charge in [0.1, 0.15) is 12.0 Å². The number of quaternary nitrogens is 1. The van der Waals surface area contributed by atoms with Crippen LogP contribution >= 0.6 is 0 Å². The highest BCUT2D eigenvalue weighted by Crippen LogP contribution is 2.10. The Labute approximate surface area is 97.8 Å². The van der Waals surface area contributed by atoms with Crippen LogP contribution < -0.4 is 0 Å². The first-order valence-electron chi connectivity index (χ1n) is 5.82. The number of hydrogen-bond donors (Lipinski definition) is 2. The van der Waals surface area contributed by atoms with Gasteiger partial charge in [-0.25, -0.2) is 4.79 Å². The topological polar surface area (TPSA) is 57.5 Å². The van der Waals surface area contributed by atoms with E-state index >= 15 is 0 Å². The quantitative estimate of drug-likeness (QED) is 0.383. The average Bonchev–Trinajstić information content (AvgIpc) is 2.09. The van der Waals surface area contributed by atoms with Crippen LogP contribution in [0.2, 0.25) is 0 Å². The third-order valence-electron chi connectivity index (χ3n) is 2.33. The predicted molar refractivity (Wildman–Crippen MR) is 64.1 cm³/mol. The molecule has 0 atom stereocenters. The Bertz CT molecular complexity index is 247. The summed E-state index contributed by atoms with van der Waals surface area (Å²) in [5, 5.41) is 18.3. The van der Waals surface area contributed by atoms with Crippen LogP contribution in [0.15, 0.2) is 12.0 Å². The summed E-state index contributed by atoms with van der Waals surface area (Å²) in [5.41, 5.74) is 0. The standard InChI is InChI=1S/C12H23NO3/c1-4-5-6-7-8-11(14)9-13(2,3)10-12(15)16/h9H,4-8,10H2,1-3H3,(H-,14,15,16)/p+1/b11-9-. The van der Waals surface area contributed by atoms with Gasteiger partial charge in [0.25, 0.3) is 0 Å². The second kappa shape index (κ2) is 7.28. The molecule has 0 rings (SSSR count). The normalized spacial score (nSPS) is 12.8.